The van der Waals surface area contributed by atoms with Crippen LogP contribution < -0.4 is 5.32 Å². The molecule has 0 aliphatic carbocycles. The van der Waals surface area contributed by atoms with Crippen molar-refractivity contribution < 1.29 is 4.79 Å². The molecule has 0 aliphatic rings. The highest BCUT2D eigenvalue weighted by Gasteiger charge is 2.16. The van der Waals surface area contributed by atoms with Gasteiger partial charge in [-0.25, -0.2) is 9.67 Å². The molecule has 0 radical (unpaired) electrons. The van der Waals surface area contributed by atoms with Gasteiger partial charge in [0.15, 0.2) is 11.5 Å². The number of fused-ring (bicyclic) bond motifs is 2. The molecule has 0 fully saturated rings. The zero-order valence-electron chi connectivity index (χ0n) is 15.8. The highest BCUT2D eigenvalue weighted by atomic mass is 16.1. The van der Waals surface area contributed by atoms with Crippen LogP contribution in [-0.2, 0) is 6.54 Å². The minimum absolute atomic E-state index is 0.161. The Balaban J connectivity index is 1.82. The topological polar surface area (TPSA) is 59.8 Å². The Hall–Kier alpha value is -3.21. The number of anilines is 1. The molecule has 1 N–H and O–H groups in total. The number of nitrogens with one attached hydrogen (secondary N) is 1. The van der Waals surface area contributed by atoms with E-state index in [-0.39, 0.29) is 5.91 Å². The number of rotatable bonds is 4. The Bertz CT molecular complexity index is 1160. The second-order valence-electron chi connectivity index (χ2n) is 6.95. The summed E-state index contributed by atoms with van der Waals surface area (Å²) in [5.74, 6) is 0.394. The molecule has 0 unspecified atom stereocenters. The number of benzene rings is 2. The average Bonchev–Trinajstić information content (AvgIpc) is 2.97. The lowest BCUT2D eigenvalue weighted by Gasteiger charge is -2.04. The first-order valence-corrected chi connectivity index (χ1v) is 9.21. The lowest BCUT2D eigenvalue weighted by atomic mass is 10.1. The first kappa shape index (κ1) is 17.2. The van der Waals surface area contributed by atoms with Gasteiger partial charge in [0, 0.05) is 17.5 Å². The SMILES string of the molecule is CCCn1nc(NC(=O)c2cccc(C)c2)c2cc3ccc(C)cc3nc21. The number of hydrogen-bond acceptors (Lipinski definition) is 3. The third-order valence-electron chi connectivity index (χ3n) is 4.62. The van der Waals surface area contributed by atoms with E-state index in [1.807, 2.05) is 35.9 Å². The van der Waals surface area contributed by atoms with Crippen LogP contribution >= 0.6 is 0 Å². The summed E-state index contributed by atoms with van der Waals surface area (Å²) < 4.78 is 1.88. The zero-order chi connectivity index (χ0) is 19.0. The van der Waals surface area contributed by atoms with Gasteiger partial charge in [-0.2, -0.15) is 5.10 Å². The van der Waals surface area contributed by atoms with Crippen molar-refractivity contribution in [3.8, 4) is 0 Å². The zero-order valence-corrected chi connectivity index (χ0v) is 15.8. The maximum Gasteiger partial charge on any atom is 0.256 e. The molecule has 27 heavy (non-hydrogen) atoms. The quantitative estimate of drug-likeness (QED) is 0.566. The molecule has 5 heteroatoms. The van der Waals surface area contributed by atoms with Crippen LogP contribution in [0.1, 0.15) is 34.8 Å². The molecule has 0 atom stereocenters. The van der Waals surface area contributed by atoms with Crippen LogP contribution in [0.3, 0.4) is 0 Å². The monoisotopic (exact) mass is 358 g/mol. The van der Waals surface area contributed by atoms with E-state index in [1.54, 1.807) is 0 Å². The first-order valence-electron chi connectivity index (χ1n) is 9.21. The van der Waals surface area contributed by atoms with Crippen LogP contribution in [0.5, 0.6) is 0 Å². The third kappa shape index (κ3) is 3.28. The molecule has 0 bridgehead atoms. The number of aromatic nitrogens is 3. The maximum atomic E-state index is 12.7. The molecular weight excluding hydrogens is 336 g/mol. The Morgan fingerprint density at radius 1 is 1.07 bits per heavy atom. The van der Waals surface area contributed by atoms with Crippen LogP contribution in [0.4, 0.5) is 5.82 Å². The van der Waals surface area contributed by atoms with Crippen molar-refractivity contribution in [2.24, 2.45) is 0 Å². The van der Waals surface area contributed by atoms with Crippen LogP contribution in [0.2, 0.25) is 0 Å². The van der Waals surface area contributed by atoms with Crippen molar-refractivity contribution in [3.05, 3.63) is 65.2 Å². The van der Waals surface area contributed by atoms with Crippen LogP contribution in [0, 0.1) is 13.8 Å². The number of carbonyl (C=O) groups excluding carboxylic acids is 1. The minimum atomic E-state index is -0.161. The lowest BCUT2D eigenvalue weighted by Crippen LogP contribution is -2.13. The lowest BCUT2D eigenvalue weighted by molar-refractivity contribution is 0.102. The third-order valence-corrected chi connectivity index (χ3v) is 4.62. The fourth-order valence-electron chi connectivity index (χ4n) is 3.29. The van der Waals surface area contributed by atoms with E-state index in [0.29, 0.717) is 11.4 Å². The Labute approximate surface area is 158 Å². The average molecular weight is 358 g/mol. The van der Waals surface area contributed by atoms with Gasteiger partial charge >= 0.3 is 0 Å². The molecule has 0 saturated heterocycles. The summed E-state index contributed by atoms with van der Waals surface area (Å²) >= 11 is 0. The number of nitrogens with zero attached hydrogens (tertiary/aromatic N) is 3. The van der Waals surface area contributed by atoms with Crippen LogP contribution in [-0.4, -0.2) is 20.7 Å². The molecule has 2 heterocycles. The van der Waals surface area contributed by atoms with Gasteiger partial charge in [0.25, 0.3) is 5.91 Å². The molecule has 0 saturated carbocycles. The fraction of sp³-hybridized carbons (Fsp3) is 0.227. The van der Waals surface area contributed by atoms with Crippen molar-refractivity contribution in [1.29, 1.82) is 0 Å². The molecule has 0 spiro atoms. The van der Waals surface area contributed by atoms with Crippen molar-refractivity contribution in [2.75, 3.05) is 5.32 Å². The molecule has 1 amide bonds. The van der Waals surface area contributed by atoms with Gasteiger partial charge < -0.3 is 5.32 Å². The van der Waals surface area contributed by atoms with Crippen molar-refractivity contribution in [3.63, 3.8) is 0 Å². The molecule has 136 valence electrons. The summed E-state index contributed by atoms with van der Waals surface area (Å²) in [5.41, 5.74) is 4.58. The van der Waals surface area contributed by atoms with Gasteiger partial charge in [-0.3, -0.25) is 4.79 Å². The largest absolute Gasteiger partial charge is 0.305 e. The Morgan fingerprint density at radius 3 is 2.67 bits per heavy atom. The van der Waals surface area contributed by atoms with Gasteiger partial charge in [-0.15, -0.1) is 0 Å². The van der Waals surface area contributed by atoms with E-state index in [4.69, 9.17) is 4.98 Å². The Morgan fingerprint density at radius 2 is 1.89 bits per heavy atom. The maximum absolute atomic E-state index is 12.7. The predicted octanol–water partition coefficient (Wildman–Crippen LogP) is 4.86. The number of pyridine rings is 1. The number of aryl methyl sites for hydroxylation is 3. The van der Waals surface area contributed by atoms with Gasteiger partial charge in [-0.1, -0.05) is 36.8 Å². The summed E-state index contributed by atoms with van der Waals surface area (Å²) in [6.07, 6.45) is 0.940. The molecule has 2 aromatic heterocycles. The normalized spacial score (nSPS) is 11.2. The number of hydrogen-bond donors (Lipinski definition) is 1. The predicted molar refractivity (Wildman–Crippen MR) is 109 cm³/mol. The smallest absolute Gasteiger partial charge is 0.256 e. The molecule has 4 rings (SSSR count). The highest BCUT2D eigenvalue weighted by molar-refractivity contribution is 6.08. The molecular formula is C22H22N4O. The van der Waals surface area contributed by atoms with Gasteiger partial charge in [0.2, 0.25) is 0 Å². The molecule has 5 nitrogen and oxygen atoms in total. The first-order chi connectivity index (χ1) is 13.0. The summed E-state index contributed by atoms with van der Waals surface area (Å²) in [5, 5.41) is 9.51. The van der Waals surface area contributed by atoms with Gasteiger partial charge in [0.05, 0.1) is 10.9 Å². The van der Waals surface area contributed by atoms with Crippen molar-refractivity contribution in [2.45, 2.75) is 33.7 Å². The fourth-order valence-corrected chi connectivity index (χ4v) is 3.29. The van der Waals surface area contributed by atoms with Crippen molar-refractivity contribution >= 4 is 33.7 Å². The van der Waals surface area contributed by atoms with E-state index in [0.717, 1.165) is 40.5 Å². The summed E-state index contributed by atoms with van der Waals surface area (Å²) in [6, 6.07) is 15.8. The standard InChI is InChI=1S/C22H22N4O/c1-4-10-26-21-18(13-16-9-8-15(3)12-19(16)23-21)20(25-26)24-22(27)17-7-5-6-14(2)11-17/h5-9,11-13H,4,10H2,1-3H3,(H,24,25,27). The number of carbonyl (C=O) groups is 1. The molecule has 2 aromatic carbocycles. The Kier molecular flexibility index (Phi) is 4.36. The minimum Gasteiger partial charge on any atom is -0.305 e. The second kappa shape index (κ2) is 6.83. The summed E-state index contributed by atoms with van der Waals surface area (Å²) in [7, 11) is 0. The van der Waals surface area contributed by atoms with Crippen LogP contribution in [0.25, 0.3) is 21.9 Å². The van der Waals surface area contributed by atoms with Crippen LogP contribution in [0.15, 0.2) is 48.5 Å². The summed E-state index contributed by atoms with van der Waals surface area (Å²) in [4.78, 5) is 17.5. The van der Waals surface area contributed by atoms with E-state index in [1.165, 1.54) is 5.56 Å². The van der Waals surface area contributed by atoms with Gasteiger partial charge in [-0.05, 0) is 50.1 Å². The van der Waals surface area contributed by atoms with E-state index in [2.05, 4.69) is 48.5 Å². The molecule has 0 aliphatic heterocycles. The summed E-state index contributed by atoms with van der Waals surface area (Å²) in [6.45, 7) is 6.88. The van der Waals surface area contributed by atoms with Gasteiger partial charge in [0.1, 0.15) is 0 Å². The van der Waals surface area contributed by atoms with Crippen molar-refractivity contribution in [1.82, 2.24) is 14.8 Å². The highest BCUT2D eigenvalue weighted by Crippen LogP contribution is 2.27. The van der Waals surface area contributed by atoms with E-state index < -0.39 is 0 Å². The molecule has 4 aromatic rings. The van der Waals surface area contributed by atoms with E-state index >= 15 is 0 Å². The van der Waals surface area contributed by atoms with E-state index in [9.17, 15) is 4.79 Å². The number of amides is 1. The second-order valence-corrected chi connectivity index (χ2v) is 6.95.